The van der Waals surface area contributed by atoms with Gasteiger partial charge in [0.1, 0.15) is 11.5 Å². The summed E-state index contributed by atoms with van der Waals surface area (Å²) in [5.74, 6) is 1.14. The Balaban J connectivity index is 2.06. The maximum Gasteiger partial charge on any atom is 0.120 e. The number of benzene rings is 1. The molecule has 1 aliphatic heterocycles. The van der Waals surface area contributed by atoms with E-state index in [1.807, 2.05) is 6.07 Å². The summed E-state index contributed by atoms with van der Waals surface area (Å²) in [7, 11) is 1.65. The summed E-state index contributed by atoms with van der Waals surface area (Å²) in [6.45, 7) is 7.30. The van der Waals surface area contributed by atoms with E-state index in [0.29, 0.717) is 17.8 Å². The molecule has 0 saturated carbocycles. The van der Waals surface area contributed by atoms with Crippen molar-refractivity contribution in [3.63, 3.8) is 0 Å². The molecule has 4 heteroatoms. The van der Waals surface area contributed by atoms with Crippen molar-refractivity contribution < 1.29 is 9.84 Å². The molecular weight excluding hydrogens is 252 g/mol. The second kappa shape index (κ2) is 6.95. The van der Waals surface area contributed by atoms with Gasteiger partial charge in [0.25, 0.3) is 0 Å². The lowest BCUT2D eigenvalue weighted by Crippen LogP contribution is -2.40. The predicted octanol–water partition coefficient (Wildman–Crippen LogP) is 2.36. The highest BCUT2D eigenvalue weighted by Gasteiger charge is 2.20. The van der Waals surface area contributed by atoms with Crippen LogP contribution in [0, 0.1) is 0 Å². The number of hydrogen-bond donors (Lipinski definition) is 2. The van der Waals surface area contributed by atoms with Crippen molar-refractivity contribution in [3.8, 4) is 11.5 Å². The molecule has 1 aromatic rings. The molecule has 112 valence electrons. The Kier molecular flexibility index (Phi) is 5.26. The molecule has 1 aromatic carbocycles. The number of nitrogens with one attached hydrogen (secondary N) is 1. The quantitative estimate of drug-likeness (QED) is 0.838. The Morgan fingerprint density at radius 3 is 2.85 bits per heavy atom. The molecule has 0 spiro atoms. The van der Waals surface area contributed by atoms with Gasteiger partial charge < -0.3 is 15.2 Å². The van der Waals surface area contributed by atoms with Crippen LogP contribution in [-0.4, -0.2) is 42.3 Å². The molecule has 0 aromatic heterocycles. The van der Waals surface area contributed by atoms with Crippen molar-refractivity contribution in [2.24, 2.45) is 0 Å². The zero-order chi connectivity index (χ0) is 14.5. The number of rotatable bonds is 6. The van der Waals surface area contributed by atoms with Crippen molar-refractivity contribution in [2.75, 3.05) is 20.2 Å². The normalized spacial score (nSPS) is 18.9. The lowest BCUT2D eigenvalue weighted by molar-refractivity contribution is 0.192. The topological polar surface area (TPSA) is 44.7 Å². The predicted molar refractivity (Wildman–Crippen MR) is 81.2 cm³/mol. The number of nitrogens with zero attached hydrogens (tertiary/aromatic N) is 1. The molecular formula is C16H26N2O2. The maximum absolute atomic E-state index is 10.0. The Hall–Kier alpha value is -1.26. The molecule has 1 aliphatic rings. The number of phenols is 1. The Labute approximate surface area is 121 Å². The minimum Gasteiger partial charge on any atom is -0.508 e. The number of ether oxygens (including phenoxy) is 1. The second-order valence-electron chi connectivity index (χ2n) is 5.81. The van der Waals surface area contributed by atoms with Gasteiger partial charge in [0.05, 0.1) is 7.11 Å². The second-order valence-corrected chi connectivity index (χ2v) is 5.81. The lowest BCUT2D eigenvalue weighted by atomic mass is 10.1. The van der Waals surface area contributed by atoms with Crippen LogP contribution >= 0.6 is 0 Å². The number of phenolic OH excluding ortho intramolecular Hbond substituents is 1. The van der Waals surface area contributed by atoms with Crippen molar-refractivity contribution in [2.45, 2.75) is 45.3 Å². The van der Waals surface area contributed by atoms with E-state index in [1.165, 1.54) is 12.8 Å². The standard InChI is InChI=1S/C16H26N2O2/c1-12(2)18(11-14-5-4-8-17-14)10-13-9-15(20-3)6-7-16(13)19/h6-7,9,12,14,17,19H,4-5,8,10-11H2,1-3H3. The molecule has 2 rings (SSSR count). The van der Waals surface area contributed by atoms with Crippen LogP contribution in [0.4, 0.5) is 0 Å². The fraction of sp³-hybridized carbons (Fsp3) is 0.625. The highest BCUT2D eigenvalue weighted by Crippen LogP contribution is 2.25. The first-order valence-electron chi connectivity index (χ1n) is 7.43. The monoisotopic (exact) mass is 278 g/mol. The fourth-order valence-corrected chi connectivity index (χ4v) is 2.69. The first-order valence-corrected chi connectivity index (χ1v) is 7.43. The molecule has 2 N–H and O–H groups in total. The van der Waals surface area contributed by atoms with Crippen LogP contribution in [0.1, 0.15) is 32.3 Å². The van der Waals surface area contributed by atoms with Crippen LogP contribution in [0.3, 0.4) is 0 Å². The summed E-state index contributed by atoms with van der Waals surface area (Å²) in [6, 6.07) is 6.44. The molecule has 1 saturated heterocycles. The number of hydrogen-bond acceptors (Lipinski definition) is 4. The van der Waals surface area contributed by atoms with E-state index in [-0.39, 0.29) is 0 Å². The average Bonchev–Trinajstić information content (AvgIpc) is 2.93. The number of aromatic hydroxyl groups is 1. The molecule has 0 amide bonds. The van der Waals surface area contributed by atoms with Crippen molar-refractivity contribution in [1.29, 1.82) is 0 Å². The van der Waals surface area contributed by atoms with E-state index in [1.54, 1.807) is 19.2 Å². The van der Waals surface area contributed by atoms with E-state index in [9.17, 15) is 5.11 Å². The Morgan fingerprint density at radius 2 is 2.25 bits per heavy atom. The average molecular weight is 278 g/mol. The van der Waals surface area contributed by atoms with Gasteiger partial charge in [-0.25, -0.2) is 0 Å². The molecule has 1 atom stereocenters. The minimum atomic E-state index is 0.343. The Bertz CT molecular complexity index is 428. The molecule has 0 aliphatic carbocycles. The molecule has 20 heavy (non-hydrogen) atoms. The SMILES string of the molecule is COc1ccc(O)c(CN(CC2CCCN2)C(C)C)c1. The van der Waals surface area contributed by atoms with Gasteiger partial charge in [-0.05, 0) is 51.4 Å². The van der Waals surface area contributed by atoms with Gasteiger partial charge in [-0.15, -0.1) is 0 Å². The summed E-state index contributed by atoms with van der Waals surface area (Å²) in [4.78, 5) is 2.40. The zero-order valence-electron chi connectivity index (χ0n) is 12.7. The van der Waals surface area contributed by atoms with E-state index in [2.05, 4.69) is 24.1 Å². The summed E-state index contributed by atoms with van der Waals surface area (Å²) >= 11 is 0. The third-order valence-corrected chi connectivity index (χ3v) is 4.01. The highest BCUT2D eigenvalue weighted by molar-refractivity contribution is 5.39. The van der Waals surface area contributed by atoms with Gasteiger partial charge in [0, 0.05) is 30.7 Å². The smallest absolute Gasteiger partial charge is 0.120 e. The molecule has 1 fully saturated rings. The minimum absolute atomic E-state index is 0.343. The molecule has 4 nitrogen and oxygen atoms in total. The molecule has 1 heterocycles. The van der Waals surface area contributed by atoms with E-state index < -0.39 is 0 Å². The summed E-state index contributed by atoms with van der Waals surface area (Å²) in [5.41, 5.74) is 0.927. The van der Waals surface area contributed by atoms with Crippen LogP contribution in [0.5, 0.6) is 11.5 Å². The van der Waals surface area contributed by atoms with Gasteiger partial charge >= 0.3 is 0 Å². The van der Waals surface area contributed by atoms with Crippen LogP contribution in [0.2, 0.25) is 0 Å². The van der Waals surface area contributed by atoms with E-state index >= 15 is 0 Å². The largest absolute Gasteiger partial charge is 0.508 e. The first-order chi connectivity index (χ1) is 9.60. The van der Waals surface area contributed by atoms with Crippen LogP contribution < -0.4 is 10.1 Å². The van der Waals surface area contributed by atoms with Crippen LogP contribution in [0.15, 0.2) is 18.2 Å². The summed E-state index contributed by atoms with van der Waals surface area (Å²) in [5, 5.41) is 13.6. The van der Waals surface area contributed by atoms with Crippen LogP contribution in [0.25, 0.3) is 0 Å². The van der Waals surface area contributed by atoms with Crippen molar-refractivity contribution in [1.82, 2.24) is 10.2 Å². The Morgan fingerprint density at radius 1 is 1.45 bits per heavy atom. The summed E-state index contributed by atoms with van der Waals surface area (Å²) < 4.78 is 5.24. The number of methoxy groups -OCH3 is 1. The fourth-order valence-electron chi connectivity index (χ4n) is 2.69. The van der Waals surface area contributed by atoms with Gasteiger partial charge in [-0.3, -0.25) is 4.90 Å². The van der Waals surface area contributed by atoms with E-state index in [0.717, 1.165) is 30.9 Å². The van der Waals surface area contributed by atoms with Crippen molar-refractivity contribution in [3.05, 3.63) is 23.8 Å². The maximum atomic E-state index is 10.0. The molecule has 1 unspecified atom stereocenters. The van der Waals surface area contributed by atoms with E-state index in [4.69, 9.17) is 4.74 Å². The molecule has 0 bridgehead atoms. The third kappa shape index (κ3) is 3.87. The lowest BCUT2D eigenvalue weighted by Gasteiger charge is -2.29. The first kappa shape index (κ1) is 15.1. The van der Waals surface area contributed by atoms with Gasteiger partial charge in [0.15, 0.2) is 0 Å². The van der Waals surface area contributed by atoms with Crippen LogP contribution in [-0.2, 0) is 6.54 Å². The van der Waals surface area contributed by atoms with Gasteiger partial charge in [0.2, 0.25) is 0 Å². The summed E-state index contributed by atoms with van der Waals surface area (Å²) in [6.07, 6.45) is 2.51. The third-order valence-electron chi connectivity index (χ3n) is 4.01. The molecule has 0 radical (unpaired) electrons. The highest BCUT2D eigenvalue weighted by atomic mass is 16.5. The zero-order valence-corrected chi connectivity index (χ0v) is 12.7. The van der Waals surface area contributed by atoms with Crippen molar-refractivity contribution >= 4 is 0 Å². The van der Waals surface area contributed by atoms with Gasteiger partial charge in [-0.1, -0.05) is 0 Å². The van der Waals surface area contributed by atoms with Gasteiger partial charge in [-0.2, -0.15) is 0 Å².